The van der Waals surface area contributed by atoms with Gasteiger partial charge in [-0.2, -0.15) is 0 Å². The Morgan fingerprint density at radius 1 is 1.40 bits per heavy atom. The molecule has 0 aliphatic rings. The average molecular weight is 299 g/mol. The Bertz CT molecular complexity index is 568. The molecule has 0 fully saturated rings. The topological polar surface area (TPSA) is 92.7 Å². The highest BCUT2D eigenvalue weighted by molar-refractivity contribution is 7.89. The zero-order valence-corrected chi connectivity index (χ0v) is 11.7. The van der Waals surface area contributed by atoms with E-state index in [-0.39, 0.29) is 23.6 Å². The standard InChI is InChI=1S/C13H17NO5S/c1-2-3-8-19-9-7-14-20(17,18)12-6-4-5-11(10-12)13(15)16/h2,4-6,10,14H,1,3,7-9H2,(H,15,16). The van der Waals surface area contributed by atoms with E-state index in [4.69, 9.17) is 9.84 Å². The second-order valence-corrected chi connectivity index (χ2v) is 5.69. The van der Waals surface area contributed by atoms with Crippen molar-refractivity contribution in [3.63, 3.8) is 0 Å². The van der Waals surface area contributed by atoms with Gasteiger partial charge in [-0.3, -0.25) is 0 Å². The SMILES string of the molecule is C=CCCOCCNS(=O)(=O)c1cccc(C(=O)O)c1. The number of aromatic carboxylic acids is 1. The van der Waals surface area contributed by atoms with Crippen molar-refractivity contribution in [1.82, 2.24) is 4.72 Å². The maximum Gasteiger partial charge on any atom is 0.335 e. The van der Waals surface area contributed by atoms with Gasteiger partial charge in [0, 0.05) is 6.54 Å². The molecule has 0 unspecified atom stereocenters. The summed E-state index contributed by atoms with van der Waals surface area (Å²) in [7, 11) is -3.72. The van der Waals surface area contributed by atoms with Gasteiger partial charge in [0.15, 0.2) is 0 Å². The maximum absolute atomic E-state index is 11.9. The Morgan fingerprint density at radius 2 is 2.15 bits per heavy atom. The third kappa shape index (κ3) is 5.12. The summed E-state index contributed by atoms with van der Waals surface area (Å²) in [5.41, 5.74) is -0.0740. The minimum Gasteiger partial charge on any atom is -0.478 e. The summed E-state index contributed by atoms with van der Waals surface area (Å²) in [5.74, 6) is -1.17. The Morgan fingerprint density at radius 3 is 2.80 bits per heavy atom. The van der Waals surface area contributed by atoms with E-state index in [1.165, 1.54) is 18.2 Å². The fourth-order valence-corrected chi connectivity index (χ4v) is 2.46. The van der Waals surface area contributed by atoms with E-state index in [9.17, 15) is 13.2 Å². The number of hydrogen-bond donors (Lipinski definition) is 2. The van der Waals surface area contributed by atoms with Gasteiger partial charge in [0.25, 0.3) is 0 Å². The summed E-state index contributed by atoms with van der Waals surface area (Å²) < 4.78 is 31.4. The first-order chi connectivity index (χ1) is 9.47. The van der Waals surface area contributed by atoms with Gasteiger partial charge >= 0.3 is 5.97 Å². The molecule has 0 saturated carbocycles. The molecule has 2 N–H and O–H groups in total. The third-order valence-electron chi connectivity index (χ3n) is 2.40. The summed E-state index contributed by atoms with van der Waals surface area (Å²) in [4.78, 5) is 10.7. The minimum atomic E-state index is -3.72. The fourth-order valence-electron chi connectivity index (χ4n) is 1.40. The number of carbonyl (C=O) groups is 1. The van der Waals surface area contributed by atoms with Gasteiger partial charge in [0.05, 0.1) is 23.7 Å². The maximum atomic E-state index is 11.9. The smallest absolute Gasteiger partial charge is 0.335 e. The lowest BCUT2D eigenvalue weighted by molar-refractivity contribution is 0.0696. The van der Waals surface area contributed by atoms with Crippen LogP contribution in [0.25, 0.3) is 0 Å². The van der Waals surface area contributed by atoms with Crippen LogP contribution in [0.1, 0.15) is 16.8 Å². The van der Waals surface area contributed by atoms with Crippen LogP contribution in [0.4, 0.5) is 0 Å². The van der Waals surface area contributed by atoms with Gasteiger partial charge in [-0.1, -0.05) is 12.1 Å². The van der Waals surface area contributed by atoms with Crippen LogP contribution in [0, 0.1) is 0 Å². The van der Waals surface area contributed by atoms with Gasteiger partial charge in [-0.05, 0) is 24.6 Å². The lowest BCUT2D eigenvalue weighted by Gasteiger charge is -2.07. The first kappa shape index (κ1) is 16.4. The summed E-state index contributed by atoms with van der Waals surface area (Å²) in [6.45, 7) is 4.39. The van der Waals surface area contributed by atoms with E-state index in [0.29, 0.717) is 13.0 Å². The number of carboxylic acids is 1. The highest BCUT2D eigenvalue weighted by atomic mass is 32.2. The quantitative estimate of drug-likeness (QED) is 0.529. The van der Waals surface area contributed by atoms with Crippen molar-refractivity contribution in [2.24, 2.45) is 0 Å². The minimum absolute atomic E-state index is 0.0740. The molecule has 0 heterocycles. The normalized spacial score (nSPS) is 11.2. The second kappa shape index (κ2) is 7.78. The van der Waals surface area contributed by atoms with Crippen LogP contribution in [0.2, 0.25) is 0 Å². The average Bonchev–Trinajstić information content (AvgIpc) is 2.43. The van der Waals surface area contributed by atoms with Crippen molar-refractivity contribution < 1.29 is 23.1 Å². The number of carboxylic acid groups (broad SMARTS) is 1. The first-order valence-corrected chi connectivity index (χ1v) is 7.47. The molecule has 0 bridgehead atoms. The van der Waals surface area contributed by atoms with Crippen molar-refractivity contribution in [3.05, 3.63) is 42.5 Å². The number of nitrogens with one attached hydrogen (secondary N) is 1. The number of sulfonamides is 1. The van der Waals surface area contributed by atoms with Crippen molar-refractivity contribution >= 4 is 16.0 Å². The molecule has 0 aliphatic carbocycles. The molecule has 0 atom stereocenters. The Balaban J connectivity index is 2.58. The number of rotatable bonds is 9. The molecule has 0 radical (unpaired) electrons. The first-order valence-electron chi connectivity index (χ1n) is 5.99. The van der Waals surface area contributed by atoms with Crippen LogP contribution in [0.15, 0.2) is 41.8 Å². The van der Waals surface area contributed by atoms with Crippen LogP contribution in [0.3, 0.4) is 0 Å². The second-order valence-electron chi connectivity index (χ2n) is 3.92. The van der Waals surface area contributed by atoms with Crippen molar-refractivity contribution in [3.8, 4) is 0 Å². The highest BCUT2D eigenvalue weighted by Gasteiger charge is 2.15. The molecule has 0 aliphatic heterocycles. The van der Waals surface area contributed by atoms with E-state index < -0.39 is 16.0 Å². The van der Waals surface area contributed by atoms with E-state index in [1.54, 1.807) is 6.08 Å². The predicted octanol–water partition coefficient (Wildman–Crippen LogP) is 1.26. The molecule has 1 aromatic carbocycles. The monoisotopic (exact) mass is 299 g/mol. The van der Waals surface area contributed by atoms with Crippen molar-refractivity contribution in [2.75, 3.05) is 19.8 Å². The van der Waals surface area contributed by atoms with Gasteiger partial charge < -0.3 is 9.84 Å². The van der Waals surface area contributed by atoms with Crippen LogP contribution < -0.4 is 4.72 Å². The molecule has 20 heavy (non-hydrogen) atoms. The van der Waals surface area contributed by atoms with Crippen LogP contribution in [0.5, 0.6) is 0 Å². The Hall–Kier alpha value is -1.70. The lowest BCUT2D eigenvalue weighted by atomic mass is 10.2. The van der Waals surface area contributed by atoms with Gasteiger partial charge in [0.1, 0.15) is 0 Å². The van der Waals surface area contributed by atoms with Gasteiger partial charge in [0.2, 0.25) is 10.0 Å². The molecular weight excluding hydrogens is 282 g/mol. The summed E-state index contributed by atoms with van der Waals surface area (Å²) in [5, 5.41) is 8.83. The Labute approximate surface area is 118 Å². The predicted molar refractivity (Wildman–Crippen MR) is 74.2 cm³/mol. The zero-order valence-electron chi connectivity index (χ0n) is 10.9. The summed E-state index contributed by atoms with van der Waals surface area (Å²) >= 11 is 0. The van der Waals surface area contributed by atoms with Crippen LogP contribution in [-0.2, 0) is 14.8 Å². The molecule has 0 aromatic heterocycles. The summed E-state index contributed by atoms with van der Waals surface area (Å²) in [6, 6.07) is 5.18. The third-order valence-corrected chi connectivity index (χ3v) is 3.85. The van der Waals surface area contributed by atoms with Crippen LogP contribution >= 0.6 is 0 Å². The van der Waals surface area contributed by atoms with Crippen molar-refractivity contribution in [2.45, 2.75) is 11.3 Å². The molecule has 1 rings (SSSR count). The van der Waals surface area contributed by atoms with E-state index in [2.05, 4.69) is 11.3 Å². The Kier molecular flexibility index (Phi) is 6.37. The molecule has 7 heteroatoms. The number of benzene rings is 1. The van der Waals surface area contributed by atoms with E-state index in [0.717, 1.165) is 6.07 Å². The summed E-state index contributed by atoms with van der Waals surface area (Å²) in [6.07, 6.45) is 2.41. The molecule has 0 saturated heterocycles. The lowest BCUT2D eigenvalue weighted by Crippen LogP contribution is -2.27. The van der Waals surface area contributed by atoms with E-state index in [1.807, 2.05) is 0 Å². The van der Waals surface area contributed by atoms with Gasteiger partial charge in [-0.25, -0.2) is 17.9 Å². The zero-order chi connectivity index (χ0) is 15.0. The number of ether oxygens (including phenoxy) is 1. The molecule has 0 spiro atoms. The highest BCUT2D eigenvalue weighted by Crippen LogP contribution is 2.11. The largest absolute Gasteiger partial charge is 0.478 e. The molecule has 1 aromatic rings. The molecule has 6 nitrogen and oxygen atoms in total. The van der Waals surface area contributed by atoms with Gasteiger partial charge in [-0.15, -0.1) is 6.58 Å². The van der Waals surface area contributed by atoms with Crippen molar-refractivity contribution in [1.29, 1.82) is 0 Å². The van der Waals surface area contributed by atoms with E-state index >= 15 is 0 Å². The molecular formula is C13H17NO5S. The molecule has 0 amide bonds. The number of hydrogen-bond acceptors (Lipinski definition) is 4. The fraction of sp³-hybridized carbons (Fsp3) is 0.308. The molecule has 110 valence electrons. The van der Waals surface area contributed by atoms with Crippen LogP contribution in [-0.4, -0.2) is 39.3 Å².